The van der Waals surface area contributed by atoms with Crippen molar-refractivity contribution in [2.24, 2.45) is 4.99 Å². The molecular weight excluding hydrogens is 450 g/mol. The van der Waals surface area contributed by atoms with E-state index in [1.807, 2.05) is 13.0 Å². The summed E-state index contributed by atoms with van der Waals surface area (Å²) in [6.45, 7) is 10.3. The monoisotopic (exact) mass is 476 g/mol. The number of aliphatic imine (C=N–C) groups is 1. The maximum Gasteiger partial charge on any atom is 0.191 e. The highest BCUT2D eigenvalue weighted by Crippen LogP contribution is 2.25. The second-order valence-corrected chi connectivity index (χ2v) is 7.43. The lowest BCUT2D eigenvalue weighted by molar-refractivity contribution is 0.582. The van der Waals surface area contributed by atoms with Gasteiger partial charge in [0.2, 0.25) is 0 Å². The number of halogens is 2. The van der Waals surface area contributed by atoms with E-state index in [4.69, 9.17) is 0 Å². The van der Waals surface area contributed by atoms with Gasteiger partial charge in [0.25, 0.3) is 0 Å². The summed E-state index contributed by atoms with van der Waals surface area (Å²) in [5.41, 5.74) is 1.91. The van der Waals surface area contributed by atoms with Crippen LogP contribution in [0.15, 0.2) is 34.6 Å². The average molecular weight is 476 g/mol. The van der Waals surface area contributed by atoms with Crippen LogP contribution in [0.4, 0.5) is 4.39 Å². The lowest BCUT2D eigenvalue weighted by Crippen LogP contribution is -2.36. The number of nitrogens with zero attached hydrogens (tertiary/aromatic N) is 2. The van der Waals surface area contributed by atoms with Crippen molar-refractivity contribution < 1.29 is 4.39 Å². The second-order valence-electron chi connectivity index (χ2n) is 6.57. The minimum atomic E-state index is -0.238. The predicted molar refractivity (Wildman–Crippen MR) is 114 cm³/mol. The van der Waals surface area contributed by atoms with Crippen LogP contribution in [0, 0.1) is 5.82 Å². The standard InChI is InChI=1S/C18H25FN4S.HI/c1-5-20-17(21-10-13-7-6-8-14(19)9-13)22-11-15-12-24-16(23-15)18(2,3)4;/h6-9,12H,5,10-11H2,1-4H3,(H2,20,21,22);1H. The summed E-state index contributed by atoms with van der Waals surface area (Å²) in [7, 11) is 0. The van der Waals surface area contributed by atoms with Gasteiger partial charge >= 0.3 is 0 Å². The molecule has 0 fully saturated rings. The van der Waals surface area contributed by atoms with Crippen LogP contribution in [-0.2, 0) is 18.5 Å². The molecule has 25 heavy (non-hydrogen) atoms. The van der Waals surface area contributed by atoms with Gasteiger partial charge in [-0.3, -0.25) is 0 Å². The molecule has 2 N–H and O–H groups in total. The van der Waals surface area contributed by atoms with Crippen LogP contribution in [0.25, 0.3) is 0 Å². The summed E-state index contributed by atoms with van der Waals surface area (Å²) in [4.78, 5) is 9.17. The third-order valence-electron chi connectivity index (χ3n) is 3.28. The smallest absolute Gasteiger partial charge is 0.191 e. The van der Waals surface area contributed by atoms with E-state index in [2.05, 4.69) is 46.8 Å². The minimum absolute atomic E-state index is 0. The fourth-order valence-corrected chi connectivity index (χ4v) is 2.96. The van der Waals surface area contributed by atoms with Crippen molar-refractivity contribution in [2.75, 3.05) is 6.54 Å². The molecule has 0 saturated carbocycles. The molecule has 138 valence electrons. The fourth-order valence-electron chi connectivity index (χ4n) is 2.05. The summed E-state index contributed by atoms with van der Waals surface area (Å²) in [5, 5.41) is 9.67. The normalized spacial score (nSPS) is 11.8. The summed E-state index contributed by atoms with van der Waals surface area (Å²) >= 11 is 1.68. The van der Waals surface area contributed by atoms with Crippen molar-refractivity contribution >= 4 is 41.3 Å². The zero-order chi connectivity index (χ0) is 17.6. The number of rotatable bonds is 5. The Morgan fingerprint density at radius 3 is 2.64 bits per heavy atom. The zero-order valence-electron chi connectivity index (χ0n) is 15.1. The Bertz CT molecular complexity index is 694. The largest absolute Gasteiger partial charge is 0.357 e. The molecule has 1 aromatic heterocycles. The van der Waals surface area contributed by atoms with Crippen LogP contribution in [0.1, 0.15) is 44.0 Å². The van der Waals surface area contributed by atoms with E-state index < -0.39 is 0 Å². The van der Waals surface area contributed by atoms with Crippen LogP contribution >= 0.6 is 35.3 Å². The van der Waals surface area contributed by atoms with Crippen LogP contribution in [0.5, 0.6) is 0 Å². The predicted octanol–water partition coefficient (Wildman–Crippen LogP) is 4.45. The summed E-state index contributed by atoms with van der Waals surface area (Å²) in [6.07, 6.45) is 0. The van der Waals surface area contributed by atoms with E-state index in [9.17, 15) is 4.39 Å². The van der Waals surface area contributed by atoms with Gasteiger partial charge in [-0.05, 0) is 24.6 Å². The van der Waals surface area contributed by atoms with Gasteiger partial charge in [0.05, 0.1) is 23.8 Å². The number of thiazole rings is 1. The Kier molecular flexibility index (Phi) is 8.78. The van der Waals surface area contributed by atoms with Crippen molar-refractivity contribution in [2.45, 2.75) is 46.2 Å². The van der Waals surface area contributed by atoms with Crippen LogP contribution in [0.2, 0.25) is 0 Å². The molecule has 2 rings (SSSR count). The molecule has 0 aliphatic heterocycles. The third kappa shape index (κ3) is 7.27. The molecule has 0 bridgehead atoms. The van der Waals surface area contributed by atoms with Crippen molar-refractivity contribution in [1.29, 1.82) is 0 Å². The fraction of sp³-hybridized carbons (Fsp3) is 0.444. The summed E-state index contributed by atoms with van der Waals surface area (Å²) in [6, 6.07) is 6.50. The molecule has 1 aromatic carbocycles. The van der Waals surface area contributed by atoms with Gasteiger partial charge in [0.15, 0.2) is 5.96 Å². The number of hydrogen-bond acceptors (Lipinski definition) is 3. The molecule has 1 heterocycles. The van der Waals surface area contributed by atoms with Crippen molar-refractivity contribution in [3.8, 4) is 0 Å². The molecule has 0 aliphatic carbocycles. The Balaban J connectivity index is 0.00000312. The number of guanidine groups is 1. The zero-order valence-corrected chi connectivity index (χ0v) is 18.2. The van der Waals surface area contributed by atoms with Gasteiger partial charge in [-0.15, -0.1) is 35.3 Å². The molecule has 0 spiro atoms. The third-order valence-corrected chi connectivity index (χ3v) is 4.60. The molecule has 0 unspecified atom stereocenters. The first-order valence-corrected chi connectivity index (χ1v) is 8.98. The van der Waals surface area contributed by atoms with Gasteiger partial charge in [0, 0.05) is 17.3 Å². The number of aromatic nitrogens is 1. The molecule has 4 nitrogen and oxygen atoms in total. The maximum absolute atomic E-state index is 13.2. The van der Waals surface area contributed by atoms with Crippen LogP contribution in [0.3, 0.4) is 0 Å². The second kappa shape index (κ2) is 10.1. The minimum Gasteiger partial charge on any atom is -0.357 e. The average Bonchev–Trinajstić information content (AvgIpc) is 2.99. The van der Waals surface area contributed by atoms with Gasteiger partial charge in [0.1, 0.15) is 5.82 Å². The molecule has 2 aromatic rings. The van der Waals surface area contributed by atoms with E-state index in [1.54, 1.807) is 17.4 Å². The Morgan fingerprint density at radius 1 is 1.28 bits per heavy atom. The first kappa shape index (κ1) is 21.8. The van der Waals surface area contributed by atoms with Crippen LogP contribution in [-0.4, -0.2) is 17.5 Å². The Morgan fingerprint density at radius 2 is 2.04 bits per heavy atom. The topological polar surface area (TPSA) is 49.3 Å². The van der Waals surface area contributed by atoms with Crippen molar-refractivity contribution in [3.63, 3.8) is 0 Å². The number of nitrogens with one attached hydrogen (secondary N) is 2. The van der Waals surface area contributed by atoms with Gasteiger partial charge in [-0.2, -0.15) is 0 Å². The molecule has 7 heteroatoms. The molecule has 0 aliphatic rings. The highest BCUT2D eigenvalue weighted by molar-refractivity contribution is 14.0. The van der Waals surface area contributed by atoms with E-state index in [0.29, 0.717) is 19.0 Å². The maximum atomic E-state index is 13.2. The van der Waals surface area contributed by atoms with E-state index in [0.717, 1.165) is 22.8 Å². The Labute approximate surface area is 170 Å². The van der Waals surface area contributed by atoms with E-state index >= 15 is 0 Å². The first-order chi connectivity index (χ1) is 11.4. The molecule has 0 amide bonds. The SMILES string of the molecule is CCNC(=NCc1cccc(F)c1)NCc1csc(C(C)(C)C)n1.I. The Hall–Kier alpha value is -1.22. The summed E-state index contributed by atoms with van der Waals surface area (Å²) < 4.78 is 13.2. The first-order valence-electron chi connectivity index (χ1n) is 8.10. The number of benzene rings is 1. The highest BCUT2D eigenvalue weighted by Gasteiger charge is 2.17. The summed E-state index contributed by atoms with van der Waals surface area (Å²) in [5.74, 6) is 0.463. The van der Waals surface area contributed by atoms with E-state index in [-0.39, 0.29) is 35.2 Å². The molecule has 0 radical (unpaired) electrons. The quantitative estimate of drug-likeness (QED) is 0.381. The van der Waals surface area contributed by atoms with Crippen LogP contribution < -0.4 is 10.6 Å². The van der Waals surface area contributed by atoms with Gasteiger partial charge in [-0.1, -0.05) is 32.9 Å². The molecule has 0 saturated heterocycles. The molecular formula is C18H26FIN4S. The highest BCUT2D eigenvalue weighted by atomic mass is 127. The van der Waals surface area contributed by atoms with Gasteiger partial charge in [-0.25, -0.2) is 14.4 Å². The lowest BCUT2D eigenvalue weighted by atomic mass is 9.98. The number of hydrogen-bond donors (Lipinski definition) is 2. The van der Waals surface area contributed by atoms with Crippen molar-refractivity contribution in [1.82, 2.24) is 15.6 Å². The lowest BCUT2D eigenvalue weighted by Gasteiger charge is -2.14. The van der Waals surface area contributed by atoms with E-state index in [1.165, 1.54) is 12.1 Å². The van der Waals surface area contributed by atoms with Gasteiger partial charge < -0.3 is 10.6 Å². The van der Waals surface area contributed by atoms with Crippen molar-refractivity contribution in [3.05, 3.63) is 51.7 Å². The molecule has 0 atom stereocenters.